The number of anilines is 1. The molecule has 3 aromatic carbocycles. The third-order valence-corrected chi connectivity index (χ3v) is 8.58. The van der Waals surface area contributed by atoms with Crippen LogP contribution < -0.4 is 5.01 Å². The molecule has 31 heavy (non-hydrogen) atoms. The van der Waals surface area contributed by atoms with Crippen LogP contribution in [0.2, 0.25) is 5.02 Å². The summed E-state index contributed by atoms with van der Waals surface area (Å²) in [6, 6.07) is 25.9. The minimum Gasteiger partial charge on any atom is -0.261 e. The van der Waals surface area contributed by atoms with Crippen LogP contribution in [0.25, 0.3) is 11.1 Å². The maximum Gasteiger partial charge on any atom is 0.200 e. The quantitative estimate of drug-likeness (QED) is 0.436. The molecule has 7 rings (SSSR count). The van der Waals surface area contributed by atoms with E-state index >= 15 is 0 Å². The Labute approximate surface area is 187 Å². The van der Waals surface area contributed by atoms with E-state index in [4.69, 9.17) is 11.6 Å². The summed E-state index contributed by atoms with van der Waals surface area (Å²) in [4.78, 5) is 0. The lowest BCUT2D eigenvalue weighted by Crippen LogP contribution is -2.50. The van der Waals surface area contributed by atoms with E-state index in [1.165, 1.54) is 41.5 Å². The van der Waals surface area contributed by atoms with Gasteiger partial charge < -0.3 is 0 Å². The van der Waals surface area contributed by atoms with Gasteiger partial charge in [0.1, 0.15) is 5.54 Å². The van der Waals surface area contributed by atoms with E-state index < -0.39 is 0 Å². The molecule has 1 aliphatic heterocycles. The number of nitriles is 1. The topological polar surface area (TPSA) is 30.3 Å². The summed E-state index contributed by atoms with van der Waals surface area (Å²) in [5.74, 6) is 1.62. The van der Waals surface area contributed by atoms with Crippen molar-refractivity contribution in [3.63, 3.8) is 0 Å². The summed E-state index contributed by atoms with van der Waals surface area (Å²) < 4.78 is 0. The zero-order valence-electron chi connectivity index (χ0n) is 17.1. The molecule has 0 N–H and O–H groups in total. The molecule has 0 aromatic heterocycles. The van der Waals surface area contributed by atoms with Gasteiger partial charge in [0.05, 0.1) is 11.7 Å². The summed E-state index contributed by atoms with van der Waals surface area (Å²) in [6.45, 7) is 0. The second-order valence-corrected chi connectivity index (χ2v) is 9.88. The zero-order valence-corrected chi connectivity index (χ0v) is 17.8. The molecule has 1 spiro atoms. The van der Waals surface area contributed by atoms with Gasteiger partial charge in [-0.1, -0.05) is 60.1 Å². The van der Waals surface area contributed by atoms with E-state index in [9.17, 15) is 5.26 Å². The average molecular weight is 424 g/mol. The lowest BCUT2D eigenvalue weighted by Gasteiger charge is -2.44. The molecule has 0 unspecified atom stereocenters. The highest BCUT2D eigenvalue weighted by Crippen LogP contribution is 2.68. The molecule has 3 fully saturated rings. The Kier molecular flexibility index (Phi) is 3.45. The highest BCUT2D eigenvalue weighted by Gasteiger charge is 2.70. The first-order chi connectivity index (χ1) is 15.2. The van der Waals surface area contributed by atoms with Crippen LogP contribution in [0.1, 0.15) is 30.4 Å². The number of hydrogen-bond acceptors (Lipinski definition) is 3. The Balaban J connectivity index is 1.60. The molecule has 4 heteroatoms. The Morgan fingerprint density at radius 1 is 0.839 bits per heavy atom. The van der Waals surface area contributed by atoms with Crippen LogP contribution in [0.5, 0.6) is 0 Å². The van der Waals surface area contributed by atoms with E-state index in [2.05, 4.69) is 71.9 Å². The van der Waals surface area contributed by atoms with E-state index in [0.29, 0.717) is 22.8 Å². The molecule has 3 aliphatic carbocycles. The summed E-state index contributed by atoms with van der Waals surface area (Å²) in [7, 11) is 0. The fraction of sp³-hybridized carbons (Fsp3) is 0.296. The fourth-order valence-electron chi connectivity index (χ4n) is 7.50. The lowest BCUT2D eigenvalue weighted by molar-refractivity contribution is 0.211. The predicted octanol–water partition coefficient (Wildman–Crippen LogP) is 6.20. The molecule has 1 heterocycles. The van der Waals surface area contributed by atoms with Crippen molar-refractivity contribution in [2.75, 3.05) is 5.01 Å². The molecule has 152 valence electrons. The van der Waals surface area contributed by atoms with Crippen LogP contribution in [0.15, 0.2) is 72.8 Å². The molecule has 3 aromatic rings. The van der Waals surface area contributed by atoms with Gasteiger partial charge in [-0.3, -0.25) is 5.01 Å². The SMILES string of the molecule is N#CN1[C@H]2[C@H]3CC[C@@H](C3)[C@H]2C2(c3ccccc3-c3ccccc32)N1c1ccc(Cl)cc1. The minimum absolute atomic E-state index is 0.249. The molecule has 4 aliphatic rings. The number of rotatable bonds is 1. The Hall–Kier alpha value is -2.96. The van der Waals surface area contributed by atoms with Crippen molar-refractivity contribution in [1.29, 1.82) is 5.26 Å². The largest absolute Gasteiger partial charge is 0.261 e. The summed E-state index contributed by atoms with van der Waals surface area (Å²) >= 11 is 6.26. The molecular formula is C27H22ClN3. The molecule has 0 radical (unpaired) electrons. The number of hydrogen-bond donors (Lipinski definition) is 0. The number of benzene rings is 3. The van der Waals surface area contributed by atoms with E-state index in [-0.39, 0.29) is 11.6 Å². The molecule has 1 saturated heterocycles. The number of halogens is 1. The minimum atomic E-state index is -0.360. The van der Waals surface area contributed by atoms with Crippen LogP contribution in [-0.4, -0.2) is 11.1 Å². The average Bonchev–Trinajstić information content (AvgIpc) is 3.55. The molecule has 2 saturated carbocycles. The molecule has 4 atom stereocenters. The summed E-state index contributed by atoms with van der Waals surface area (Å²) in [5.41, 5.74) is 5.96. The van der Waals surface area contributed by atoms with Crippen LogP contribution in [0, 0.1) is 29.2 Å². The van der Waals surface area contributed by atoms with Gasteiger partial charge in [0, 0.05) is 10.9 Å². The van der Waals surface area contributed by atoms with Crippen molar-refractivity contribution in [2.45, 2.75) is 30.8 Å². The second-order valence-electron chi connectivity index (χ2n) is 9.44. The first kappa shape index (κ1) is 17.7. The number of hydrazine groups is 1. The smallest absolute Gasteiger partial charge is 0.200 e. The van der Waals surface area contributed by atoms with Crippen LogP contribution in [0.4, 0.5) is 5.69 Å². The first-order valence-corrected chi connectivity index (χ1v) is 11.6. The predicted molar refractivity (Wildman–Crippen MR) is 122 cm³/mol. The molecular weight excluding hydrogens is 402 g/mol. The van der Waals surface area contributed by atoms with Gasteiger partial charge in [-0.25, -0.2) is 5.01 Å². The number of nitrogens with zero attached hydrogens (tertiary/aromatic N) is 3. The Morgan fingerprint density at radius 2 is 1.45 bits per heavy atom. The van der Waals surface area contributed by atoms with E-state index in [1.54, 1.807) is 0 Å². The lowest BCUT2D eigenvalue weighted by atomic mass is 9.68. The first-order valence-electron chi connectivity index (χ1n) is 11.2. The van der Waals surface area contributed by atoms with Gasteiger partial charge in [0.25, 0.3) is 0 Å². The summed E-state index contributed by atoms with van der Waals surface area (Å²) in [5, 5.41) is 15.5. The van der Waals surface area contributed by atoms with Crippen LogP contribution in [0.3, 0.4) is 0 Å². The van der Waals surface area contributed by atoms with Crippen molar-refractivity contribution in [1.82, 2.24) is 5.01 Å². The standard InChI is InChI=1S/C27H22ClN3/c28-19-11-13-20(14-12-19)31-27(25-17-9-10-18(15-17)26(25)30(31)16-29)23-7-3-1-5-21(23)22-6-2-4-8-24(22)27/h1-8,11-14,17-18,25-26H,9-10,15H2/t17-,18-,25+,26-/m0/s1. The van der Waals surface area contributed by atoms with Crippen molar-refractivity contribution in [2.24, 2.45) is 17.8 Å². The van der Waals surface area contributed by atoms with E-state index in [0.717, 1.165) is 5.69 Å². The maximum absolute atomic E-state index is 10.5. The van der Waals surface area contributed by atoms with Gasteiger partial charge >= 0.3 is 0 Å². The number of fused-ring (bicyclic) bond motifs is 11. The Bertz CT molecular complexity index is 1200. The van der Waals surface area contributed by atoms with Gasteiger partial charge in [0.2, 0.25) is 0 Å². The highest BCUT2D eigenvalue weighted by molar-refractivity contribution is 6.30. The van der Waals surface area contributed by atoms with Crippen molar-refractivity contribution in [3.05, 3.63) is 88.9 Å². The normalized spacial score (nSPS) is 28.5. The van der Waals surface area contributed by atoms with Crippen molar-refractivity contribution >= 4 is 17.3 Å². The third-order valence-electron chi connectivity index (χ3n) is 8.33. The van der Waals surface area contributed by atoms with Crippen molar-refractivity contribution < 1.29 is 0 Å². The van der Waals surface area contributed by atoms with Gasteiger partial charge in [-0.15, -0.1) is 0 Å². The maximum atomic E-state index is 10.5. The summed E-state index contributed by atoms with van der Waals surface area (Å²) in [6.07, 6.45) is 6.37. The van der Waals surface area contributed by atoms with Crippen LogP contribution >= 0.6 is 11.6 Å². The fourth-order valence-corrected chi connectivity index (χ4v) is 7.63. The van der Waals surface area contributed by atoms with Crippen LogP contribution in [-0.2, 0) is 5.54 Å². The van der Waals surface area contributed by atoms with Gasteiger partial charge in [-0.2, -0.15) is 5.26 Å². The molecule has 3 nitrogen and oxygen atoms in total. The third kappa shape index (κ3) is 2.00. The highest BCUT2D eigenvalue weighted by atomic mass is 35.5. The molecule has 2 bridgehead atoms. The zero-order chi connectivity index (χ0) is 20.7. The monoisotopic (exact) mass is 423 g/mol. The Morgan fingerprint density at radius 3 is 2.10 bits per heavy atom. The van der Waals surface area contributed by atoms with Gasteiger partial charge in [0.15, 0.2) is 6.19 Å². The van der Waals surface area contributed by atoms with Crippen molar-refractivity contribution in [3.8, 4) is 17.3 Å². The molecule has 0 amide bonds. The second kappa shape index (κ2) is 6.05. The van der Waals surface area contributed by atoms with E-state index in [1.807, 2.05) is 17.1 Å². The van der Waals surface area contributed by atoms with Gasteiger partial charge in [-0.05, 0) is 77.6 Å².